The zero-order chi connectivity index (χ0) is 7.94. The van der Waals surface area contributed by atoms with E-state index in [1.54, 1.807) is 0 Å². The van der Waals surface area contributed by atoms with Crippen LogP contribution in [0.25, 0.3) is 0 Å². The molecule has 0 aliphatic heterocycles. The summed E-state index contributed by atoms with van der Waals surface area (Å²) in [5, 5.41) is 0. The third-order valence-corrected chi connectivity index (χ3v) is 2.31. The molecule has 0 amide bonds. The average molecular weight is 160 g/mol. The highest BCUT2D eigenvalue weighted by molar-refractivity contribution is 6.45. The second-order valence-corrected chi connectivity index (χ2v) is 4.27. The summed E-state index contributed by atoms with van der Waals surface area (Å²) in [6, 6.07) is 11.4. The summed E-state index contributed by atoms with van der Waals surface area (Å²) in [5.41, 5.74) is 4.39. The topological polar surface area (TPSA) is 0 Å². The van der Waals surface area contributed by atoms with E-state index in [0.29, 0.717) is 0 Å². The quantitative estimate of drug-likeness (QED) is 0.432. The number of hydrogen-bond donors (Lipinski definition) is 0. The van der Waals surface area contributed by atoms with Gasteiger partial charge in [-0.15, -0.1) is 5.54 Å². The van der Waals surface area contributed by atoms with Gasteiger partial charge < -0.3 is 0 Å². The summed E-state index contributed by atoms with van der Waals surface area (Å²) in [6.45, 7) is 2.20. The monoisotopic (exact) mass is 160 g/mol. The van der Waals surface area contributed by atoms with Crippen molar-refractivity contribution in [2.24, 2.45) is 0 Å². The Hall–Kier alpha value is -1.00. The summed E-state index contributed by atoms with van der Waals surface area (Å²) < 4.78 is 0. The first kappa shape index (κ1) is 8.10. The number of benzene rings is 1. The Kier molecular flexibility index (Phi) is 3.50. The van der Waals surface area contributed by atoms with Gasteiger partial charge in [-0.2, -0.15) is 0 Å². The lowest BCUT2D eigenvalue weighted by Crippen LogP contribution is -1.79. The zero-order valence-corrected chi connectivity index (χ0v) is 8.22. The fourth-order valence-electron chi connectivity index (χ4n) is 0.811. The molecule has 0 atom stereocenters. The molecule has 0 aliphatic rings. The maximum absolute atomic E-state index is 3.24. The molecule has 1 heteroatoms. The number of hydrogen-bond acceptors (Lipinski definition) is 0. The van der Waals surface area contributed by atoms with Crippen LogP contribution in [0.2, 0.25) is 6.04 Å². The van der Waals surface area contributed by atoms with Crippen LogP contribution >= 0.6 is 0 Å². The Morgan fingerprint density at radius 1 is 1.27 bits per heavy atom. The van der Waals surface area contributed by atoms with Crippen LogP contribution in [-0.2, 0) is 0 Å². The Balaban J connectivity index is 2.59. The zero-order valence-electron chi connectivity index (χ0n) is 6.80. The van der Waals surface area contributed by atoms with Crippen LogP contribution in [0.1, 0.15) is 12.5 Å². The first-order chi connectivity index (χ1) is 5.43. The molecule has 0 bridgehead atoms. The van der Waals surface area contributed by atoms with E-state index in [1.165, 1.54) is 6.04 Å². The molecule has 1 rings (SSSR count). The summed E-state index contributed by atoms with van der Waals surface area (Å²) in [4.78, 5) is 0. The van der Waals surface area contributed by atoms with Crippen LogP contribution in [0.3, 0.4) is 0 Å². The van der Waals surface area contributed by atoms with Crippen molar-refractivity contribution in [1.29, 1.82) is 0 Å². The van der Waals surface area contributed by atoms with Crippen LogP contribution in [0.5, 0.6) is 0 Å². The molecule has 0 aliphatic carbocycles. The number of rotatable bonds is 1. The average Bonchev–Trinajstić information content (AvgIpc) is 2.07. The molecule has 0 fully saturated rings. The minimum absolute atomic E-state index is 0.0832. The lowest BCUT2D eigenvalue weighted by atomic mass is 10.2. The SMILES string of the molecule is CC[SiH2]C#Cc1ccccc1. The van der Waals surface area contributed by atoms with E-state index in [2.05, 4.69) is 30.5 Å². The van der Waals surface area contributed by atoms with Crippen LogP contribution in [-0.4, -0.2) is 9.52 Å². The normalized spacial score (nSPS) is 9.55. The van der Waals surface area contributed by atoms with Gasteiger partial charge in [0.2, 0.25) is 0 Å². The lowest BCUT2D eigenvalue weighted by Gasteiger charge is -1.85. The van der Waals surface area contributed by atoms with Crippen molar-refractivity contribution < 1.29 is 0 Å². The van der Waals surface area contributed by atoms with Crippen LogP contribution in [0.4, 0.5) is 0 Å². The maximum Gasteiger partial charge on any atom is 0.107 e. The van der Waals surface area contributed by atoms with Crippen molar-refractivity contribution in [3.05, 3.63) is 35.9 Å². The third-order valence-electron chi connectivity index (χ3n) is 1.38. The van der Waals surface area contributed by atoms with Crippen molar-refractivity contribution in [3.8, 4) is 11.5 Å². The summed E-state index contributed by atoms with van der Waals surface area (Å²) in [5.74, 6) is 3.16. The summed E-state index contributed by atoms with van der Waals surface area (Å²) >= 11 is 0. The molecule has 1 aromatic carbocycles. The van der Waals surface area contributed by atoms with Crippen LogP contribution in [0.15, 0.2) is 30.3 Å². The fourth-order valence-corrected chi connectivity index (χ4v) is 1.39. The molecule has 0 spiro atoms. The Bertz CT molecular complexity index is 253. The fraction of sp³-hybridized carbons (Fsp3) is 0.200. The molecule has 0 saturated carbocycles. The van der Waals surface area contributed by atoms with E-state index in [4.69, 9.17) is 0 Å². The van der Waals surface area contributed by atoms with E-state index in [0.717, 1.165) is 5.56 Å². The second-order valence-electron chi connectivity index (χ2n) is 2.42. The van der Waals surface area contributed by atoms with Gasteiger partial charge >= 0.3 is 0 Å². The maximum atomic E-state index is 3.24. The van der Waals surface area contributed by atoms with Gasteiger partial charge in [-0.25, -0.2) is 0 Å². The van der Waals surface area contributed by atoms with E-state index < -0.39 is 0 Å². The molecule has 0 aromatic heterocycles. The van der Waals surface area contributed by atoms with Gasteiger partial charge in [0, 0.05) is 5.56 Å². The van der Waals surface area contributed by atoms with Crippen molar-refractivity contribution in [2.45, 2.75) is 13.0 Å². The highest BCUT2D eigenvalue weighted by Crippen LogP contribution is 1.94. The van der Waals surface area contributed by atoms with Gasteiger partial charge in [0.05, 0.1) is 0 Å². The van der Waals surface area contributed by atoms with Crippen LogP contribution in [0, 0.1) is 11.5 Å². The van der Waals surface area contributed by atoms with Crippen molar-refractivity contribution >= 4 is 9.52 Å². The van der Waals surface area contributed by atoms with Gasteiger partial charge in [-0.05, 0) is 12.1 Å². The van der Waals surface area contributed by atoms with E-state index in [9.17, 15) is 0 Å². The van der Waals surface area contributed by atoms with Gasteiger partial charge in [-0.3, -0.25) is 0 Å². The third kappa shape index (κ3) is 3.06. The van der Waals surface area contributed by atoms with E-state index >= 15 is 0 Å². The van der Waals surface area contributed by atoms with Crippen molar-refractivity contribution in [1.82, 2.24) is 0 Å². The first-order valence-electron chi connectivity index (χ1n) is 3.97. The Morgan fingerprint density at radius 3 is 2.64 bits per heavy atom. The largest absolute Gasteiger partial charge is 0.134 e. The summed E-state index contributed by atoms with van der Waals surface area (Å²) in [7, 11) is -0.0832. The molecule has 1 aromatic rings. The van der Waals surface area contributed by atoms with Crippen molar-refractivity contribution in [3.63, 3.8) is 0 Å². The Labute approximate surface area is 70.5 Å². The minimum atomic E-state index is -0.0832. The molecule has 0 saturated heterocycles. The predicted octanol–water partition coefficient (Wildman–Crippen LogP) is 1.60. The molecule has 0 radical (unpaired) electrons. The highest BCUT2D eigenvalue weighted by atomic mass is 28.2. The van der Waals surface area contributed by atoms with Gasteiger partial charge in [-0.1, -0.05) is 37.1 Å². The van der Waals surface area contributed by atoms with Gasteiger partial charge in [0.25, 0.3) is 0 Å². The van der Waals surface area contributed by atoms with E-state index in [1.807, 2.05) is 18.2 Å². The molecule has 0 heterocycles. The smallest absolute Gasteiger partial charge is 0.107 e. The molecule has 0 N–H and O–H groups in total. The standard InChI is InChI=1S/C10H12Si/c1-2-11-9-8-10-6-4-3-5-7-10/h3-7H,2,11H2,1H3. The summed E-state index contributed by atoms with van der Waals surface area (Å²) in [6.07, 6.45) is 0. The predicted molar refractivity (Wildman–Crippen MR) is 52.3 cm³/mol. The van der Waals surface area contributed by atoms with Gasteiger partial charge in [0.15, 0.2) is 0 Å². The van der Waals surface area contributed by atoms with Crippen LogP contribution < -0.4 is 0 Å². The second kappa shape index (κ2) is 4.76. The highest BCUT2D eigenvalue weighted by Gasteiger charge is 1.79. The molecule has 0 unspecified atom stereocenters. The minimum Gasteiger partial charge on any atom is -0.134 e. The molecule has 56 valence electrons. The van der Waals surface area contributed by atoms with Crippen molar-refractivity contribution in [2.75, 3.05) is 0 Å². The molecular weight excluding hydrogens is 148 g/mol. The van der Waals surface area contributed by atoms with Gasteiger partial charge in [0.1, 0.15) is 9.52 Å². The lowest BCUT2D eigenvalue weighted by molar-refractivity contribution is 1.47. The van der Waals surface area contributed by atoms with E-state index in [-0.39, 0.29) is 9.52 Å². The molecular formula is C10H12Si. The molecule has 11 heavy (non-hydrogen) atoms. The molecule has 0 nitrogen and oxygen atoms in total. The Morgan fingerprint density at radius 2 is 2.00 bits per heavy atom. The first-order valence-corrected chi connectivity index (χ1v) is 5.68.